The molecular formula is C54H33Ge2. The molecule has 0 aliphatic carbocycles. The molecule has 0 unspecified atom stereocenters. The Morgan fingerprint density at radius 2 is 0.821 bits per heavy atom. The molecule has 2 heteroatoms. The summed E-state index contributed by atoms with van der Waals surface area (Å²) in [6.07, 6.45) is 0. The molecule has 0 amide bonds. The van der Waals surface area contributed by atoms with Gasteiger partial charge in [0.15, 0.2) is 0 Å². The van der Waals surface area contributed by atoms with E-state index in [1.807, 2.05) is 0 Å². The van der Waals surface area contributed by atoms with Crippen molar-refractivity contribution in [1.82, 2.24) is 0 Å². The van der Waals surface area contributed by atoms with Crippen LogP contribution in [0.2, 0.25) is 0 Å². The molecule has 0 saturated heterocycles. The van der Waals surface area contributed by atoms with Crippen molar-refractivity contribution in [3.63, 3.8) is 0 Å². The van der Waals surface area contributed by atoms with Crippen LogP contribution in [0.25, 0.3) is 99.1 Å². The molecule has 257 valence electrons. The van der Waals surface area contributed by atoms with Gasteiger partial charge in [0.2, 0.25) is 0 Å². The Morgan fingerprint density at radius 3 is 1.59 bits per heavy atom. The van der Waals surface area contributed by atoms with Crippen LogP contribution in [-0.4, -0.2) is 31.9 Å². The van der Waals surface area contributed by atoms with Crippen LogP contribution in [-0.2, 0) is 0 Å². The van der Waals surface area contributed by atoms with Crippen molar-refractivity contribution < 1.29 is 0 Å². The molecule has 1 aliphatic heterocycles. The Balaban J connectivity index is 1.29. The van der Waals surface area contributed by atoms with Crippen molar-refractivity contribution in [2.24, 2.45) is 0 Å². The van der Waals surface area contributed by atoms with Gasteiger partial charge in [0.1, 0.15) is 0 Å². The summed E-state index contributed by atoms with van der Waals surface area (Å²) in [7, 11) is 0. The van der Waals surface area contributed by atoms with Crippen molar-refractivity contribution in [1.29, 1.82) is 0 Å². The molecule has 10 aromatic carbocycles. The Labute approximate surface area is 342 Å². The van der Waals surface area contributed by atoms with E-state index in [9.17, 15) is 0 Å². The molecule has 5 radical (unpaired) electrons. The van der Waals surface area contributed by atoms with Crippen LogP contribution in [0, 0.1) is 0 Å². The van der Waals surface area contributed by atoms with E-state index >= 15 is 0 Å². The molecule has 0 atom stereocenters. The second-order valence-corrected chi connectivity index (χ2v) is 18.6. The van der Waals surface area contributed by atoms with Crippen LogP contribution in [0.3, 0.4) is 0 Å². The quantitative estimate of drug-likeness (QED) is 0.120. The fraction of sp³-hybridized carbons (Fsp3) is 0. The zero-order chi connectivity index (χ0) is 37.2. The van der Waals surface area contributed by atoms with Crippen molar-refractivity contribution in [2.75, 3.05) is 0 Å². The molecule has 56 heavy (non-hydrogen) atoms. The average Bonchev–Trinajstić information content (AvgIpc) is 3.65. The summed E-state index contributed by atoms with van der Waals surface area (Å²) >= 11 is 1.82. The van der Waals surface area contributed by atoms with Crippen LogP contribution < -0.4 is 13.2 Å². The van der Waals surface area contributed by atoms with Crippen LogP contribution in [0.4, 0.5) is 0 Å². The van der Waals surface area contributed by atoms with Gasteiger partial charge in [-0.3, -0.25) is 0 Å². The van der Waals surface area contributed by atoms with E-state index in [-0.39, 0.29) is 0 Å². The standard InChI is InChI=1S/C54H33Ge2/c55-50-28-10-8-21-42(50)39-20-7-6-19-38(39)40-23-12-25-44-47(40)33-48-41(43-27-14-30-52-54(43)46-22-9-11-29-51(46)56-52)24-13-26-45(48)53(44)49-32-36(34-15-2-1-3-16-34)31-35-17-4-5-18-37(35)49/h1-33H. The monoisotopic (exact) mass is 829 g/mol. The van der Waals surface area contributed by atoms with E-state index in [1.165, 1.54) is 112 Å². The molecule has 1 aliphatic rings. The van der Waals surface area contributed by atoms with E-state index in [1.54, 1.807) is 0 Å². The van der Waals surface area contributed by atoms with Crippen molar-refractivity contribution in [3.05, 3.63) is 200 Å². The zero-order valence-electron chi connectivity index (χ0n) is 30.6. The number of rotatable bonds is 5. The van der Waals surface area contributed by atoms with Crippen molar-refractivity contribution >= 4 is 77.5 Å². The second-order valence-electron chi connectivity index (χ2n) is 14.7. The first kappa shape index (κ1) is 33.4. The first-order valence-corrected chi connectivity index (χ1v) is 22.3. The summed E-state index contributed by atoms with van der Waals surface area (Å²) in [5.41, 5.74) is 15.5. The van der Waals surface area contributed by atoms with Crippen LogP contribution in [0.15, 0.2) is 200 Å². The Hall–Kier alpha value is -5.93. The van der Waals surface area contributed by atoms with Gasteiger partial charge in [-0.25, -0.2) is 0 Å². The predicted molar refractivity (Wildman–Crippen MR) is 242 cm³/mol. The van der Waals surface area contributed by atoms with Crippen LogP contribution >= 0.6 is 0 Å². The van der Waals surface area contributed by atoms with Crippen LogP contribution in [0.1, 0.15) is 0 Å². The Kier molecular flexibility index (Phi) is 8.15. The third kappa shape index (κ3) is 5.43. The third-order valence-corrected chi connectivity index (χ3v) is 15.4. The molecule has 0 spiro atoms. The summed E-state index contributed by atoms with van der Waals surface area (Å²) < 4.78 is 4.33. The summed E-state index contributed by atoms with van der Waals surface area (Å²) in [6.45, 7) is 0. The summed E-state index contributed by atoms with van der Waals surface area (Å²) in [4.78, 5) is 0. The van der Waals surface area contributed by atoms with Gasteiger partial charge in [-0.05, 0) is 0 Å². The van der Waals surface area contributed by atoms with Crippen molar-refractivity contribution in [3.8, 4) is 66.8 Å². The minimum absolute atomic E-state index is 0.398. The molecule has 0 N–H and O–H groups in total. The van der Waals surface area contributed by atoms with Gasteiger partial charge in [0, 0.05) is 0 Å². The normalized spacial score (nSPS) is 11.9. The summed E-state index contributed by atoms with van der Waals surface area (Å²) in [6, 6.07) is 74.8. The van der Waals surface area contributed by atoms with E-state index in [4.69, 9.17) is 0 Å². The predicted octanol–water partition coefficient (Wildman–Crippen LogP) is 11.9. The Morgan fingerprint density at radius 1 is 0.286 bits per heavy atom. The van der Waals surface area contributed by atoms with Crippen LogP contribution in [0.5, 0.6) is 0 Å². The molecule has 0 saturated carbocycles. The molecular weight excluding hydrogens is 794 g/mol. The number of benzene rings is 10. The number of hydrogen-bond donors (Lipinski definition) is 0. The van der Waals surface area contributed by atoms with Gasteiger partial charge in [-0.15, -0.1) is 0 Å². The number of fused-ring (bicyclic) bond motifs is 6. The van der Waals surface area contributed by atoms with Gasteiger partial charge in [0.05, 0.1) is 0 Å². The van der Waals surface area contributed by atoms with Crippen molar-refractivity contribution in [2.45, 2.75) is 0 Å². The first-order chi connectivity index (χ1) is 27.7. The first-order valence-electron chi connectivity index (χ1n) is 19.2. The molecule has 10 aromatic rings. The average molecular weight is 827 g/mol. The SMILES string of the molecule is [Ge][c]1ccccc1-c1ccccc1-c1cccc2c(-c3cc(-c4ccccc4)cc4ccccc34)c3cccc(-c4ccc[c]5c4-c4cccc[c]4[Ge]5)c3cc12. The van der Waals surface area contributed by atoms with E-state index in [2.05, 4.69) is 217 Å². The fourth-order valence-electron chi connectivity index (χ4n) is 9.04. The van der Waals surface area contributed by atoms with Gasteiger partial charge < -0.3 is 0 Å². The minimum atomic E-state index is -0.398. The second kappa shape index (κ2) is 13.7. The molecule has 0 nitrogen and oxygen atoms in total. The maximum absolute atomic E-state index is 2.51. The molecule has 11 rings (SSSR count). The van der Waals surface area contributed by atoms with E-state index in [0.717, 1.165) is 0 Å². The molecule has 0 fully saturated rings. The van der Waals surface area contributed by atoms with E-state index < -0.39 is 15.4 Å². The maximum atomic E-state index is 2.51. The molecule has 1 heterocycles. The summed E-state index contributed by atoms with van der Waals surface area (Å²) in [5, 5.41) is 7.58. The molecule has 0 bridgehead atoms. The third-order valence-electron chi connectivity index (χ3n) is 11.5. The van der Waals surface area contributed by atoms with E-state index in [0.29, 0.717) is 0 Å². The van der Waals surface area contributed by atoms with Gasteiger partial charge in [0.25, 0.3) is 0 Å². The van der Waals surface area contributed by atoms with Gasteiger partial charge >= 0.3 is 326 Å². The Bertz CT molecular complexity index is 3180. The fourth-order valence-corrected chi connectivity index (χ4v) is 12.6. The topological polar surface area (TPSA) is 0 Å². The summed E-state index contributed by atoms with van der Waals surface area (Å²) in [5.74, 6) is 0. The zero-order valence-corrected chi connectivity index (χ0v) is 34.7. The van der Waals surface area contributed by atoms with Gasteiger partial charge in [-0.1, -0.05) is 18.2 Å². The van der Waals surface area contributed by atoms with Gasteiger partial charge in [-0.2, -0.15) is 0 Å². The number of hydrogen-bond acceptors (Lipinski definition) is 0. The molecule has 0 aromatic heterocycles.